The number of amides is 2. The van der Waals surface area contributed by atoms with E-state index in [1.165, 1.54) is 13.8 Å². The molecule has 0 saturated heterocycles. The van der Waals surface area contributed by atoms with Gasteiger partial charge in [-0.25, -0.2) is 4.57 Å². The van der Waals surface area contributed by atoms with E-state index in [9.17, 15) is 24.2 Å². The van der Waals surface area contributed by atoms with Gasteiger partial charge < -0.3 is 25.5 Å². The number of carbonyl (C=O) groups is 2. The number of aliphatic hydroxyl groups excluding tert-OH is 1. The second-order valence-electron chi connectivity index (χ2n) is 10.5. The summed E-state index contributed by atoms with van der Waals surface area (Å²) in [5.74, 6) is -0.985. The monoisotopic (exact) mass is 495 g/mol. The summed E-state index contributed by atoms with van der Waals surface area (Å²) in [6.45, 7) is 15.3. The first-order valence-corrected chi connectivity index (χ1v) is 12.4. The van der Waals surface area contributed by atoms with Crippen LogP contribution >= 0.6 is 7.82 Å². The fraction of sp³-hybridized carbons (Fsp3) is 0.857. The van der Waals surface area contributed by atoms with Crippen LogP contribution in [0.15, 0.2) is 5.16 Å². The van der Waals surface area contributed by atoms with Crippen LogP contribution in [-0.4, -0.2) is 64.5 Å². The van der Waals surface area contributed by atoms with E-state index in [0.29, 0.717) is 13.0 Å². The van der Waals surface area contributed by atoms with Crippen molar-refractivity contribution in [2.24, 2.45) is 10.6 Å². The summed E-state index contributed by atoms with van der Waals surface area (Å²) in [5.41, 5.74) is -1.73. The lowest BCUT2D eigenvalue weighted by Crippen LogP contribution is -2.46. The first-order chi connectivity index (χ1) is 14.7. The zero-order valence-electron chi connectivity index (χ0n) is 21.4. The van der Waals surface area contributed by atoms with E-state index in [2.05, 4.69) is 15.8 Å². The lowest BCUT2D eigenvalue weighted by Gasteiger charge is -2.31. The molecule has 0 rings (SSSR count). The molecule has 1 unspecified atom stereocenters. The zero-order valence-corrected chi connectivity index (χ0v) is 22.2. The topological polar surface area (TPSA) is 156 Å². The van der Waals surface area contributed by atoms with Gasteiger partial charge in [0.2, 0.25) is 11.8 Å². The van der Waals surface area contributed by atoms with E-state index >= 15 is 0 Å². The molecule has 0 saturated carbocycles. The quantitative estimate of drug-likeness (QED) is 0.173. The first kappa shape index (κ1) is 31.5. The Morgan fingerprint density at radius 3 is 2.03 bits per heavy atom. The molecular weight excluding hydrogens is 453 g/mol. The van der Waals surface area contributed by atoms with Gasteiger partial charge in [0.15, 0.2) is 0 Å². The molecule has 0 aromatic carbocycles. The van der Waals surface area contributed by atoms with Crippen LogP contribution in [0.1, 0.15) is 75.2 Å². The van der Waals surface area contributed by atoms with Crippen LogP contribution in [0.25, 0.3) is 0 Å². The molecule has 33 heavy (non-hydrogen) atoms. The maximum absolute atomic E-state index is 12.2. The second-order valence-corrected chi connectivity index (χ2v) is 11.9. The minimum Gasteiger partial charge on any atom is -0.390 e. The molecule has 12 heteroatoms. The van der Waals surface area contributed by atoms with E-state index in [1.807, 2.05) is 20.8 Å². The van der Waals surface area contributed by atoms with E-state index in [-0.39, 0.29) is 24.5 Å². The largest absolute Gasteiger partial charge is 0.472 e. The number of nitrogens with one attached hydrogen (secondary N) is 2. The summed E-state index contributed by atoms with van der Waals surface area (Å²) in [6.07, 6.45) is -0.985. The third-order valence-corrected chi connectivity index (χ3v) is 5.15. The second kappa shape index (κ2) is 12.8. The minimum absolute atomic E-state index is 0.0184. The van der Waals surface area contributed by atoms with E-state index in [0.717, 1.165) is 5.71 Å². The van der Waals surface area contributed by atoms with Crippen molar-refractivity contribution in [1.29, 1.82) is 0 Å². The number of nitrogens with zero attached hydrogens (tertiary/aromatic N) is 1. The van der Waals surface area contributed by atoms with Gasteiger partial charge in [-0.3, -0.25) is 18.6 Å². The standard InChI is InChI=1S/C21H42N3O8P/c1-15(24-31-19(2,3)4)10-12-22-16(25)11-13-23-18(27)17(26)21(8,9)14-30-33(28,29)32-20(5,6)7/h17,26H,10-14H2,1-9H3,(H,22,25)(H,23,27)(H,28,29)/b24-15+/t17-/m1/s1. The van der Waals surface area contributed by atoms with Gasteiger partial charge in [0.25, 0.3) is 0 Å². The normalized spacial score (nSPS) is 16.0. The van der Waals surface area contributed by atoms with Crippen LogP contribution in [0.4, 0.5) is 0 Å². The van der Waals surface area contributed by atoms with E-state index in [4.69, 9.17) is 13.9 Å². The Morgan fingerprint density at radius 2 is 1.52 bits per heavy atom. The van der Waals surface area contributed by atoms with Crippen molar-refractivity contribution < 1.29 is 38.0 Å². The third-order valence-electron chi connectivity index (χ3n) is 3.91. The van der Waals surface area contributed by atoms with E-state index in [1.54, 1.807) is 27.7 Å². The van der Waals surface area contributed by atoms with Crippen molar-refractivity contribution in [3.8, 4) is 0 Å². The predicted molar refractivity (Wildman–Crippen MR) is 126 cm³/mol. The summed E-state index contributed by atoms with van der Waals surface area (Å²) >= 11 is 0. The molecule has 2 atom stereocenters. The Labute approximate surface area is 197 Å². The fourth-order valence-corrected chi connectivity index (χ4v) is 3.42. The highest BCUT2D eigenvalue weighted by Crippen LogP contribution is 2.48. The Balaban J connectivity index is 4.38. The highest BCUT2D eigenvalue weighted by molar-refractivity contribution is 7.47. The number of hydrogen-bond acceptors (Lipinski definition) is 8. The van der Waals surface area contributed by atoms with Crippen molar-refractivity contribution in [1.82, 2.24) is 10.6 Å². The van der Waals surface area contributed by atoms with Crippen LogP contribution in [0.5, 0.6) is 0 Å². The highest BCUT2D eigenvalue weighted by Gasteiger charge is 2.38. The van der Waals surface area contributed by atoms with Crippen LogP contribution < -0.4 is 10.6 Å². The molecule has 0 aromatic heterocycles. The zero-order chi connectivity index (χ0) is 26.1. The van der Waals surface area contributed by atoms with Gasteiger partial charge >= 0.3 is 7.82 Å². The Kier molecular flexibility index (Phi) is 12.2. The molecule has 0 bridgehead atoms. The number of hydrogen-bond donors (Lipinski definition) is 4. The van der Waals surface area contributed by atoms with Crippen molar-refractivity contribution in [2.75, 3.05) is 19.7 Å². The number of carbonyl (C=O) groups excluding carboxylic acids is 2. The van der Waals surface area contributed by atoms with Crippen LogP contribution in [0.3, 0.4) is 0 Å². The average Bonchev–Trinajstić information content (AvgIpc) is 2.61. The summed E-state index contributed by atoms with van der Waals surface area (Å²) in [5, 5.41) is 19.5. The summed E-state index contributed by atoms with van der Waals surface area (Å²) in [4.78, 5) is 39.3. The number of phosphoric ester groups is 1. The Morgan fingerprint density at radius 1 is 0.970 bits per heavy atom. The van der Waals surface area contributed by atoms with Gasteiger partial charge in [-0.2, -0.15) is 0 Å². The van der Waals surface area contributed by atoms with Crippen LogP contribution in [0, 0.1) is 5.41 Å². The first-order valence-electron chi connectivity index (χ1n) is 10.9. The van der Waals surface area contributed by atoms with Crippen molar-refractivity contribution in [3.05, 3.63) is 0 Å². The number of aliphatic hydroxyl groups is 1. The molecule has 0 fully saturated rings. The predicted octanol–water partition coefficient (Wildman–Crippen LogP) is 2.51. The molecule has 194 valence electrons. The van der Waals surface area contributed by atoms with Gasteiger partial charge in [0.1, 0.15) is 11.7 Å². The maximum Gasteiger partial charge on any atom is 0.472 e. The molecule has 0 radical (unpaired) electrons. The smallest absolute Gasteiger partial charge is 0.390 e. The van der Waals surface area contributed by atoms with Crippen molar-refractivity contribution in [2.45, 2.75) is 92.5 Å². The third kappa shape index (κ3) is 15.9. The molecule has 4 N–H and O–H groups in total. The molecule has 2 amide bonds. The van der Waals surface area contributed by atoms with Crippen LogP contribution in [0.2, 0.25) is 0 Å². The van der Waals surface area contributed by atoms with Gasteiger partial charge in [-0.1, -0.05) is 19.0 Å². The molecule has 11 nitrogen and oxygen atoms in total. The molecule has 0 aliphatic rings. The van der Waals surface area contributed by atoms with Crippen LogP contribution in [-0.2, 0) is 28.0 Å². The molecule has 0 aliphatic heterocycles. The number of oxime groups is 1. The number of phosphoric acid groups is 1. The van der Waals surface area contributed by atoms with Crippen molar-refractivity contribution in [3.63, 3.8) is 0 Å². The molecular formula is C21H42N3O8P. The molecule has 0 aromatic rings. The molecule has 0 aliphatic carbocycles. The van der Waals surface area contributed by atoms with Crippen molar-refractivity contribution >= 4 is 25.3 Å². The van der Waals surface area contributed by atoms with E-state index < -0.39 is 37.5 Å². The van der Waals surface area contributed by atoms with Gasteiger partial charge in [0.05, 0.1) is 17.9 Å². The summed E-state index contributed by atoms with van der Waals surface area (Å²) in [6, 6.07) is 0. The summed E-state index contributed by atoms with van der Waals surface area (Å²) < 4.78 is 21.9. The lowest BCUT2D eigenvalue weighted by atomic mass is 9.87. The highest BCUT2D eigenvalue weighted by atomic mass is 31.2. The SMILES string of the molecule is C/C(CCNC(=O)CCNC(=O)[C@@H](O)C(C)(C)COP(=O)(O)OC(C)(C)C)=N\OC(C)(C)C. The minimum atomic E-state index is -4.36. The average molecular weight is 496 g/mol. The fourth-order valence-electron chi connectivity index (χ4n) is 2.18. The molecule has 0 heterocycles. The lowest BCUT2D eigenvalue weighted by molar-refractivity contribution is -0.137. The maximum atomic E-state index is 12.2. The van der Waals surface area contributed by atoms with Gasteiger partial charge in [0, 0.05) is 31.3 Å². The summed E-state index contributed by atoms with van der Waals surface area (Å²) in [7, 11) is -4.36. The Bertz CT molecular complexity index is 726. The van der Waals surface area contributed by atoms with Gasteiger partial charge in [-0.15, -0.1) is 0 Å². The Hall–Kier alpha value is -1.52. The van der Waals surface area contributed by atoms with Gasteiger partial charge in [-0.05, 0) is 48.5 Å². The molecule has 0 spiro atoms. The number of rotatable bonds is 13.